The molecule has 1 aromatic rings. The van der Waals surface area contributed by atoms with E-state index in [1.54, 1.807) is 24.3 Å². The maximum absolute atomic E-state index is 11.0. The summed E-state index contributed by atoms with van der Waals surface area (Å²) in [5.74, 6) is -0.320. The average Bonchev–Trinajstić information content (AvgIpc) is 2.04. The molecule has 0 aromatic heterocycles. The van der Waals surface area contributed by atoms with E-state index in [0.717, 1.165) is 0 Å². The third-order valence-electron chi connectivity index (χ3n) is 1.22. The molecule has 11 heavy (non-hydrogen) atoms. The molecule has 2 nitrogen and oxygen atoms in total. The molecule has 0 heterocycles. The Balaban J connectivity index is 3.03. The number of carbonyl (C=O) groups excluding carboxylic acids is 1. The molecule has 1 rings (SSSR count). The maximum atomic E-state index is 11.0. The molecule has 1 aromatic carbocycles. The zero-order valence-corrected chi connectivity index (χ0v) is 12.0. The fourth-order valence-corrected chi connectivity index (χ4v) is 1.52. The molecule has 0 unspecified atom stereocenters. The molecule has 0 saturated heterocycles. The van der Waals surface area contributed by atoms with Gasteiger partial charge in [0.25, 0.3) is 0 Å². The van der Waals surface area contributed by atoms with Crippen molar-refractivity contribution in [1.29, 1.82) is 0 Å². The molecule has 0 aliphatic carbocycles. The third kappa shape index (κ3) is 2.17. The molecule has 4 heteroatoms. The molecule has 0 bridgehead atoms. The minimum absolute atomic E-state index is 0.0263. The molecule has 53 valence electrons. The topological polar surface area (TPSA) is 26.3 Å². The van der Waals surface area contributed by atoms with Gasteiger partial charge in [-0.15, -0.1) is 0 Å². The van der Waals surface area contributed by atoms with Crippen LogP contribution in [0.5, 0.6) is 0 Å². The standard InChI is InChI=1S/C7H5ClO2.Hg/c8-6-4-2-1-3-5(6)7(9)10;/h1-4H,(H,9,10);/q;+1/p-1. The van der Waals surface area contributed by atoms with E-state index in [9.17, 15) is 4.79 Å². The van der Waals surface area contributed by atoms with Crippen molar-refractivity contribution in [3.05, 3.63) is 34.9 Å². The van der Waals surface area contributed by atoms with E-state index >= 15 is 0 Å². The van der Waals surface area contributed by atoms with Crippen LogP contribution in [0.25, 0.3) is 0 Å². The molecule has 0 aliphatic rings. The van der Waals surface area contributed by atoms with Crippen LogP contribution < -0.4 is 0 Å². The Morgan fingerprint density at radius 2 is 2.09 bits per heavy atom. The van der Waals surface area contributed by atoms with Crippen LogP contribution in [0.4, 0.5) is 0 Å². The molecule has 0 aliphatic heterocycles. The molecule has 0 amide bonds. The van der Waals surface area contributed by atoms with Gasteiger partial charge < -0.3 is 0 Å². The predicted molar refractivity (Wildman–Crippen MR) is 36.9 cm³/mol. The van der Waals surface area contributed by atoms with Crippen molar-refractivity contribution >= 4 is 17.6 Å². The Bertz CT molecular complexity index is 275. The third-order valence-corrected chi connectivity index (χ3v) is 2.57. The van der Waals surface area contributed by atoms with Crippen molar-refractivity contribution in [2.45, 2.75) is 0 Å². The monoisotopic (exact) mass is 357 g/mol. The summed E-state index contributed by atoms with van der Waals surface area (Å²) in [5.41, 5.74) is 0.448. The summed E-state index contributed by atoms with van der Waals surface area (Å²) >= 11 is 5.74. The van der Waals surface area contributed by atoms with Gasteiger partial charge in [0.05, 0.1) is 0 Å². The van der Waals surface area contributed by atoms with Gasteiger partial charge in [-0.25, -0.2) is 0 Å². The van der Waals surface area contributed by atoms with Crippen molar-refractivity contribution in [3.8, 4) is 0 Å². The van der Waals surface area contributed by atoms with Crippen LogP contribution in [0.3, 0.4) is 0 Å². The van der Waals surface area contributed by atoms with Crippen molar-refractivity contribution in [1.82, 2.24) is 0 Å². The van der Waals surface area contributed by atoms with E-state index in [1.165, 1.54) is 0 Å². The number of rotatable bonds is 1. The summed E-state index contributed by atoms with van der Waals surface area (Å²) in [6.45, 7) is 0. The Kier molecular flexibility index (Phi) is 3.33. The Morgan fingerprint density at radius 3 is 2.64 bits per heavy atom. The summed E-state index contributed by atoms with van der Waals surface area (Å²) in [6.07, 6.45) is 0. The Hall–Kier alpha value is -0.0849. The van der Waals surface area contributed by atoms with E-state index in [-0.39, 0.29) is 32.5 Å². The molecular weight excluding hydrogens is 352 g/mol. The second-order valence-electron chi connectivity index (χ2n) is 1.91. The molecule has 0 radical (unpaired) electrons. The fraction of sp³-hybridized carbons (Fsp3) is 0. The zero-order valence-electron chi connectivity index (χ0n) is 5.71. The molecule has 0 N–H and O–H groups in total. The average molecular weight is 356 g/mol. The number of halogens is 1. The number of hydrogen-bond acceptors (Lipinski definition) is 2. The van der Waals surface area contributed by atoms with Crippen molar-refractivity contribution in [2.24, 2.45) is 0 Å². The molecule has 0 spiro atoms. The first-order chi connectivity index (χ1) is 5.25. The SMILES string of the molecule is O=C([O][Hg])c1ccccc1Cl. The van der Waals surface area contributed by atoms with Crippen LogP contribution in [0.2, 0.25) is 5.02 Å². The Morgan fingerprint density at radius 1 is 1.45 bits per heavy atom. The Labute approximate surface area is 86.1 Å². The number of carbonyl (C=O) groups is 1. The quantitative estimate of drug-likeness (QED) is 0.720. The molecular formula is C7H4ClHgO2. The van der Waals surface area contributed by atoms with Crippen LogP contribution in [0.15, 0.2) is 24.3 Å². The van der Waals surface area contributed by atoms with Crippen LogP contribution in [0.1, 0.15) is 10.4 Å². The van der Waals surface area contributed by atoms with Crippen LogP contribution in [-0.4, -0.2) is 5.97 Å². The first-order valence-electron chi connectivity index (χ1n) is 2.96. The second kappa shape index (κ2) is 4.07. The van der Waals surface area contributed by atoms with Crippen LogP contribution in [0, 0.1) is 0 Å². The fourth-order valence-electron chi connectivity index (χ4n) is 0.705. The summed E-state index contributed by atoms with van der Waals surface area (Å²) in [7, 11) is 0. The summed E-state index contributed by atoms with van der Waals surface area (Å²) in [4.78, 5) is 11.0. The van der Waals surface area contributed by atoms with E-state index < -0.39 is 0 Å². The van der Waals surface area contributed by atoms with Gasteiger partial charge in [-0.2, -0.15) is 0 Å². The van der Waals surface area contributed by atoms with Crippen molar-refractivity contribution < 1.29 is 34.0 Å². The van der Waals surface area contributed by atoms with E-state index in [1.807, 2.05) is 0 Å². The second-order valence-corrected chi connectivity index (χ2v) is 3.44. The van der Waals surface area contributed by atoms with E-state index in [0.29, 0.717) is 10.6 Å². The summed E-state index contributed by atoms with van der Waals surface area (Å²) in [5, 5.41) is 0.447. The summed E-state index contributed by atoms with van der Waals surface area (Å²) in [6, 6.07) is 6.85. The zero-order chi connectivity index (χ0) is 8.27. The molecule has 0 atom stereocenters. The molecule has 0 fully saturated rings. The summed E-state index contributed by atoms with van der Waals surface area (Å²) < 4.78 is 4.69. The first kappa shape index (κ1) is 9.01. The van der Waals surface area contributed by atoms with Gasteiger partial charge in [-0.3, -0.25) is 0 Å². The van der Waals surface area contributed by atoms with Gasteiger partial charge in [-0.1, -0.05) is 0 Å². The van der Waals surface area contributed by atoms with Crippen molar-refractivity contribution in [2.75, 3.05) is 0 Å². The van der Waals surface area contributed by atoms with Gasteiger partial charge >= 0.3 is 86.4 Å². The molecule has 0 saturated carbocycles. The van der Waals surface area contributed by atoms with Gasteiger partial charge in [0, 0.05) is 0 Å². The van der Waals surface area contributed by atoms with Crippen molar-refractivity contribution in [3.63, 3.8) is 0 Å². The van der Waals surface area contributed by atoms with Gasteiger partial charge in [0.2, 0.25) is 0 Å². The first-order valence-corrected chi connectivity index (χ1v) is 5.59. The minimum atomic E-state index is -0.320. The number of hydrogen-bond donors (Lipinski definition) is 0. The van der Waals surface area contributed by atoms with Crippen LogP contribution >= 0.6 is 11.6 Å². The van der Waals surface area contributed by atoms with Gasteiger partial charge in [0.1, 0.15) is 0 Å². The predicted octanol–water partition coefficient (Wildman–Crippen LogP) is 1.96. The van der Waals surface area contributed by atoms with Crippen LogP contribution in [-0.2, 0) is 29.2 Å². The van der Waals surface area contributed by atoms with E-state index in [2.05, 4.69) is 2.64 Å². The normalized spacial score (nSPS) is 9.36. The number of benzene rings is 1. The van der Waals surface area contributed by atoms with E-state index in [4.69, 9.17) is 11.6 Å². The van der Waals surface area contributed by atoms with Gasteiger partial charge in [0.15, 0.2) is 0 Å². The van der Waals surface area contributed by atoms with Gasteiger partial charge in [-0.05, 0) is 0 Å².